The predicted molar refractivity (Wildman–Crippen MR) is 80.1 cm³/mol. The SMILES string of the molecule is CCC1NC(c2ccccc2)N(CCCC2CC2)C1=O. The highest BCUT2D eigenvalue weighted by molar-refractivity contribution is 5.84. The minimum atomic E-state index is -0.0128. The van der Waals surface area contributed by atoms with Crippen LogP contribution in [-0.4, -0.2) is 23.4 Å². The van der Waals surface area contributed by atoms with E-state index in [1.165, 1.54) is 24.8 Å². The van der Waals surface area contributed by atoms with E-state index in [-0.39, 0.29) is 18.1 Å². The van der Waals surface area contributed by atoms with E-state index < -0.39 is 0 Å². The van der Waals surface area contributed by atoms with Gasteiger partial charge in [-0.05, 0) is 30.7 Å². The fraction of sp³-hybridized carbons (Fsp3) is 0.588. The third-order valence-corrected chi connectivity index (χ3v) is 4.48. The molecule has 1 aromatic carbocycles. The van der Waals surface area contributed by atoms with Crippen LogP contribution in [0.4, 0.5) is 0 Å². The first-order valence-corrected chi connectivity index (χ1v) is 7.91. The van der Waals surface area contributed by atoms with Crippen molar-refractivity contribution < 1.29 is 4.79 Å². The lowest BCUT2D eigenvalue weighted by molar-refractivity contribution is -0.130. The molecule has 1 saturated heterocycles. The minimum Gasteiger partial charge on any atom is -0.322 e. The molecular weight excluding hydrogens is 248 g/mol. The number of carbonyl (C=O) groups excluding carboxylic acids is 1. The Balaban J connectivity index is 1.69. The van der Waals surface area contributed by atoms with Gasteiger partial charge in [0.05, 0.1) is 6.04 Å². The van der Waals surface area contributed by atoms with Gasteiger partial charge in [0.1, 0.15) is 6.17 Å². The molecule has 3 rings (SSSR count). The second kappa shape index (κ2) is 5.96. The second-order valence-corrected chi connectivity index (χ2v) is 6.06. The molecule has 1 N–H and O–H groups in total. The Kier molecular flexibility index (Phi) is 4.06. The van der Waals surface area contributed by atoms with Crippen molar-refractivity contribution in [3.63, 3.8) is 0 Å². The van der Waals surface area contributed by atoms with Gasteiger partial charge in [-0.3, -0.25) is 10.1 Å². The Morgan fingerprint density at radius 3 is 2.65 bits per heavy atom. The fourth-order valence-corrected chi connectivity index (χ4v) is 3.08. The van der Waals surface area contributed by atoms with E-state index in [9.17, 15) is 4.79 Å². The molecule has 20 heavy (non-hydrogen) atoms. The number of hydrogen-bond donors (Lipinski definition) is 1. The van der Waals surface area contributed by atoms with Crippen LogP contribution in [0.25, 0.3) is 0 Å². The minimum absolute atomic E-state index is 0.0128. The molecule has 2 fully saturated rings. The zero-order valence-corrected chi connectivity index (χ0v) is 12.2. The summed E-state index contributed by atoms with van der Waals surface area (Å²) in [6.45, 7) is 2.96. The summed E-state index contributed by atoms with van der Waals surface area (Å²) in [6.07, 6.45) is 6.13. The summed E-state index contributed by atoms with van der Waals surface area (Å²) in [5.41, 5.74) is 1.20. The molecule has 1 aliphatic heterocycles. The zero-order chi connectivity index (χ0) is 13.9. The topological polar surface area (TPSA) is 32.3 Å². The zero-order valence-electron chi connectivity index (χ0n) is 12.2. The quantitative estimate of drug-likeness (QED) is 0.863. The average Bonchev–Trinajstić information content (AvgIpc) is 3.25. The summed E-state index contributed by atoms with van der Waals surface area (Å²) in [6, 6.07) is 10.3. The summed E-state index contributed by atoms with van der Waals surface area (Å²) in [5, 5.41) is 3.49. The summed E-state index contributed by atoms with van der Waals surface area (Å²) < 4.78 is 0. The molecule has 1 aromatic rings. The molecule has 0 bridgehead atoms. The molecule has 108 valence electrons. The van der Waals surface area contributed by atoms with E-state index in [1.807, 2.05) is 23.1 Å². The highest BCUT2D eigenvalue weighted by atomic mass is 16.2. The Morgan fingerprint density at radius 1 is 1.25 bits per heavy atom. The van der Waals surface area contributed by atoms with Crippen LogP contribution in [-0.2, 0) is 4.79 Å². The average molecular weight is 272 g/mol. The molecule has 2 aliphatic rings. The van der Waals surface area contributed by atoms with Crippen LogP contribution >= 0.6 is 0 Å². The smallest absolute Gasteiger partial charge is 0.241 e. The van der Waals surface area contributed by atoms with Crippen molar-refractivity contribution in [1.82, 2.24) is 10.2 Å². The lowest BCUT2D eigenvalue weighted by atomic mass is 10.1. The highest BCUT2D eigenvalue weighted by Crippen LogP contribution is 2.34. The van der Waals surface area contributed by atoms with E-state index in [0.717, 1.165) is 25.3 Å². The van der Waals surface area contributed by atoms with Gasteiger partial charge in [-0.1, -0.05) is 50.1 Å². The van der Waals surface area contributed by atoms with Gasteiger partial charge < -0.3 is 4.90 Å². The monoisotopic (exact) mass is 272 g/mol. The standard InChI is InChI=1S/C17H24N2O/c1-2-15-17(20)19(12-6-7-13-10-11-13)16(18-15)14-8-4-3-5-9-14/h3-5,8-9,13,15-16,18H,2,6-7,10-12H2,1H3. The van der Waals surface area contributed by atoms with Gasteiger partial charge in [-0.15, -0.1) is 0 Å². The van der Waals surface area contributed by atoms with E-state index in [4.69, 9.17) is 0 Å². The van der Waals surface area contributed by atoms with Gasteiger partial charge in [0.25, 0.3) is 0 Å². The molecule has 1 heterocycles. The van der Waals surface area contributed by atoms with Crippen molar-refractivity contribution in [2.45, 2.75) is 51.2 Å². The maximum Gasteiger partial charge on any atom is 0.241 e. The molecule has 0 spiro atoms. The lowest BCUT2D eigenvalue weighted by Gasteiger charge is -2.24. The van der Waals surface area contributed by atoms with Crippen molar-refractivity contribution in [3.8, 4) is 0 Å². The Bertz CT molecular complexity index is 455. The molecule has 1 aliphatic carbocycles. The van der Waals surface area contributed by atoms with E-state index in [0.29, 0.717) is 0 Å². The van der Waals surface area contributed by atoms with Crippen LogP contribution in [0.5, 0.6) is 0 Å². The van der Waals surface area contributed by atoms with Crippen molar-refractivity contribution >= 4 is 5.91 Å². The first-order valence-electron chi connectivity index (χ1n) is 7.91. The fourth-order valence-electron chi connectivity index (χ4n) is 3.08. The molecular formula is C17H24N2O. The Hall–Kier alpha value is -1.35. The van der Waals surface area contributed by atoms with Crippen LogP contribution in [0, 0.1) is 5.92 Å². The summed E-state index contributed by atoms with van der Waals surface area (Å²) in [7, 11) is 0. The van der Waals surface area contributed by atoms with E-state index in [1.54, 1.807) is 0 Å². The number of carbonyl (C=O) groups is 1. The number of hydrogen-bond acceptors (Lipinski definition) is 2. The van der Waals surface area contributed by atoms with Crippen molar-refractivity contribution in [2.24, 2.45) is 5.92 Å². The van der Waals surface area contributed by atoms with Gasteiger partial charge >= 0.3 is 0 Å². The Labute approximate surface area is 121 Å². The van der Waals surface area contributed by atoms with Crippen LogP contribution < -0.4 is 5.32 Å². The van der Waals surface area contributed by atoms with Gasteiger partial charge in [0.2, 0.25) is 5.91 Å². The summed E-state index contributed by atoms with van der Waals surface area (Å²) in [4.78, 5) is 14.5. The summed E-state index contributed by atoms with van der Waals surface area (Å²) >= 11 is 0. The molecule has 2 unspecified atom stereocenters. The molecule has 2 atom stereocenters. The van der Waals surface area contributed by atoms with Crippen LogP contribution in [0.3, 0.4) is 0 Å². The van der Waals surface area contributed by atoms with Gasteiger partial charge in [-0.25, -0.2) is 0 Å². The first-order chi connectivity index (χ1) is 9.79. The number of benzene rings is 1. The number of amides is 1. The third-order valence-electron chi connectivity index (χ3n) is 4.48. The number of nitrogens with zero attached hydrogens (tertiary/aromatic N) is 1. The molecule has 0 aromatic heterocycles. The molecule has 1 saturated carbocycles. The van der Waals surface area contributed by atoms with Gasteiger partial charge in [-0.2, -0.15) is 0 Å². The molecule has 3 heteroatoms. The van der Waals surface area contributed by atoms with Crippen molar-refractivity contribution in [1.29, 1.82) is 0 Å². The van der Waals surface area contributed by atoms with Crippen molar-refractivity contribution in [2.75, 3.05) is 6.54 Å². The first kappa shape index (κ1) is 13.6. The summed E-state index contributed by atoms with van der Waals surface area (Å²) in [5.74, 6) is 1.22. The maximum absolute atomic E-state index is 12.5. The normalized spacial score (nSPS) is 26.2. The van der Waals surface area contributed by atoms with Crippen LogP contribution in [0.1, 0.15) is 50.8 Å². The lowest BCUT2D eigenvalue weighted by Crippen LogP contribution is -2.32. The van der Waals surface area contributed by atoms with E-state index >= 15 is 0 Å². The Morgan fingerprint density at radius 2 is 2.00 bits per heavy atom. The third kappa shape index (κ3) is 2.88. The number of rotatable bonds is 6. The number of nitrogens with one attached hydrogen (secondary N) is 1. The highest BCUT2D eigenvalue weighted by Gasteiger charge is 2.38. The van der Waals surface area contributed by atoms with Gasteiger partial charge in [0.15, 0.2) is 0 Å². The predicted octanol–water partition coefficient (Wildman–Crippen LogP) is 3.09. The van der Waals surface area contributed by atoms with E-state index in [2.05, 4.69) is 24.4 Å². The molecule has 3 nitrogen and oxygen atoms in total. The molecule has 0 radical (unpaired) electrons. The van der Waals surface area contributed by atoms with Crippen LogP contribution in [0.2, 0.25) is 0 Å². The van der Waals surface area contributed by atoms with Crippen LogP contribution in [0.15, 0.2) is 30.3 Å². The van der Waals surface area contributed by atoms with Crippen molar-refractivity contribution in [3.05, 3.63) is 35.9 Å². The van der Waals surface area contributed by atoms with Gasteiger partial charge in [0, 0.05) is 6.54 Å². The maximum atomic E-state index is 12.5. The molecule has 1 amide bonds. The second-order valence-electron chi connectivity index (χ2n) is 6.06. The largest absolute Gasteiger partial charge is 0.322 e.